The summed E-state index contributed by atoms with van der Waals surface area (Å²) in [5, 5.41) is 0. The van der Waals surface area contributed by atoms with Crippen LogP contribution in [0.2, 0.25) is 0 Å². The van der Waals surface area contributed by atoms with Crippen molar-refractivity contribution in [1.82, 2.24) is 0 Å². The molecule has 0 aliphatic heterocycles. The molecular formula is C10H12O4. The van der Waals surface area contributed by atoms with E-state index in [9.17, 15) is 9.59 Å². The van der Waals surface area contributed by atoms with Crippen molar-refractivity contribution in [2.24, 2.45) is 0 Å². The van der Waals surface area contributed by atoms with E-state index in [0.717, 1.165) is 0 Å². The highest BCUT2D eigenvalue weighted by molar-refractivity contribution is 6.01. The molecule has 1 aliphatic rings. The van der Waals surface area contributed by atoms with Gasteiger partial charge in [-0.2, -0.15) is 0 Å². The Kier molecular flexibility index (Phi) is 2.74. The van der Waals surface area contributed by atoms with Crippen LogP contribution in [0.4, 0.5) is 0 Å². The van der Waals surface area contributed by atoms with Crippen LogP contribution in [0.1, 0.15) is 13.8 Å². The summed E-state index contributed by atoms with van der Waals surface area (Å²) < 4.78 is 9.78. The highest BCUT2D eigenvalue weighted by Gasteiger charge is 2.34. The van der Waals surface area contributed by atoms with Gasteiger partial charge >= 0.3 is 5.97 Å². The quantitative estimate of drug-likeness (QED) is 0.618. The Labute approximate surface area is 82.2 Å². The van der Waals surface area contributed by atoms with E-state index in [1.54, 1.807) is 6.08 Å². The molecule has 0 aromatic carbocycles. The van der Waals surface area contributed by atoms with Gasteiger partial charge in [0.1, 0.15) is 5.76 Å². The molecule has 0 spiro atoms. The molecule has 0 radical (unpaired) electrons. The third-order valence-corrected chi connectivity index (χ3v) is 1.92. The van der Waals surface area contributed by atoms with Gasteiger partial charge < -0.3 is 9.47 Å². The van der Waals surface area contributed by atoms with Crippen LogP contribution in [-0.2, 0) is 19.1 Å². The van der Waals surface area contributed by atoms with Crippen LogP contribution in [0.5, 0.6) is 0 Å². The van der Waals surface area contributed by atoms with Crippen LogP contribution in [0.15, 0.2) is 24.0 Å². The Morgan fingerprint density at radius 3 is 2.57 bits per heavy atom. The lowest BCUT2D eigenvalue weighted by Crippen LogP contribution is -2.38. The maximum atomic E-state index is 11.5. The number of methoxy groups -OCH3 is 1. The Bertz CT molecular complexity index is 327. The normalized spacial score (nSPS) is 25.6. The van der Waals surface area contributed by atoms with Crippen LogP contribution < -0.4 is 0 Å². The lowest BCUT2D eigenvalue weighted by Gasteiger charge is -2.25. The molecule has 0 aromatic heterocycles. The van der Waals surface area contributed by atoms with Gasteiger partial charge in [-0.3, -0.25) is 9.59 Å². The molecule has 0 saturated carbocycles. The number of hydrogen-bond donors (Lipinski definition) is 0. The lowest BCUT2D eigenvalue weighted by molar-refractivity contribution is -0.157. The van der Waals surface area contributed by atoms with Crippen molar-refractivity contribution in [3.63, 3.8) is 0 Å². The average Bonchev–Trinajstić information content (AvgIpc) is 2.09. The maximum absolute atomic E-state index is 11.5. The first-order chi connectivity index (χ1) is 6.48. The van der Waals surface area contributed by atoms with Gasteiger partial charge in [-0.25, -0.2) is 0 Å². The molecule has 0 fully saturated rings. The average molecular weight is 196 g/mol. The molecule has 0 amide bonds. The lowest BCUT2D eigenvalue weighted by atomic mass is 9.95. The van der Waals surface area contributed by atoms with E-state index in [0.29, 0.717) is 5.76 Å². The van der Waals surface area contributed by atoms with E-state index in [1.807, 2.05) is 0 Å². The number of carbonyl (C=O) groups excluding carboxylic acids is 2. The summed E-state index contributed by atoms with van der Waals surface area (Å²) in [6.45, 7) is 2.80. The fourth-order valence-corrected chi connectivity index (χ4v) is 1.15. The predicted molar refractivity (Wildman–Crippen MR) is 49.4 cm³/mol. The van der Waals surface area contributed by atoms with Gasteiger partial charge in [0.25, 0.3) is 0 Å². The van der Waals surface area contributed by atoms with Crippen LogP contribution in [0.25, 0.3) is 0 Å². The molecule has 0 aromatic rings. The molecule has 0 saturated heterocycles. The predicted octanol–water partition coefficient (Wildman–Crippen LogP) is 0.977. The molecule has 4 nitrogen and oxygen atoms in total. The Hall–Kier alpha value is -1.58. The Balaban J connectivity index is 2.87. The zero-order valence-corrected chi connectivity index (χ0v) is 8.37. The molecule has 1 aliphatic carbocycles. The summed E-state index contributed by atoms with van der Waals surface area (Å²) in [5.74, 6) is -0.327. The fourth-order valence-electron chi connectivity index (χ4n) is 1.15. The van der Waals surface area contributed by atoms with Crippen molar-refractivity contribution in [3.8, 4) is 0 Å². The molecule has 1 atom stereocenters. The van der Waals surface area contributed by atoms with E-state index in [-0.39, 0.29) is 5.78 Å². The van der Waals surface area contributed by atoms with Gasteiger partial charge in [0.2, 0.25) is 5.78 Å². The second kappa shape index (κ2) is 3.65. The summed E-state index contributed by atoms with van der Waals surface area (Å²) in [6, 6.07) is 0. The number of carbonyl (C=O) groups is 2. The second-order valence-electron chi connectivity index (χ2n) is 3.15. The third kappa shape index (κ3) is 2.02. The van der Waals surface area contributed by atoms with Crippen LogP contribution >= 0.6 is 0 Å². The van der Waals surface area contributed by atoms with Crippen molar-refractivity contribution in [3.05, 3.63) is 24.0 Å². The number of esters is 1. The van der Waals surface area contributed by atoms with E-state index >= 15 is 0 Å². The van der Waals surface area contributed by atoms with E-state index < -0.39 is 11.6 Å². The van der Waals surface area contributed by atoms with Gasteiger partial charge in [0.05, 0.1) is 7.11 Å². The first-order valence-corrected chi connectivity index (χ1v) is 4.17. The van der Waals surface area contributed by atoms with Gasteiger partial charge in [0.15, 0.2) is 5.60 Å². The van der Waals surface area contributed by atoms with Crippen LogP contribution in [0.3, 0.4) is 0 Å². The highest BCUT2D eigenvalue weighted by atomic mass is 16.6. The molecule has 14 heavy (non-hydrogen) atoms. The van der Waals surface area contributed by atoms with Crippen LogP contribution in [-0.4, -0.2) is 24.5 Å². The highest BCUT2D eigenvalue weighted by Crippen LogP contribution is 2.21. The molecular weight excluding hydrogens is 184 g/mol. The number of rotatable bonds is 2. The Morgan fingerprint density at radius 2 is 2.14 bits per heavy atom. The van der Waals surface area contributed by atoms with Gasteiger partial charge in [-0.15, -0.1) is 0 Å². The molecule has 1 unspecified atom stereocenters. The molecule has 1 rings (SSSR count). The van der Waals surface area contributed by atoms with Gasteiger partial charge in [-0.1, -0.05) is 0 Å². The van der Waals surface area contributed by atoms with Gasteiger partial charge in [0, 0.05) is 13.0 Å². The van der Waals surface area contributed by atoms with E-state index in [1.165, 1.54) is 33.1 Å². The SMILES string of the molecule is COC1=CC(=O)C(C)(OC(C)=O)C=C1. The topological polar surface area (TPSA) is 52.6 Å². The van der Waals surface area contributed by atoms with Crippen molar-refractivity contribution >= 4 is 11.8 Å². The molecule has 0 N–H and O–H groups in total. The molecule has 4 heteroatoms. The summed E-state index contributed by atoms with van der Waals surface area (Å²) in [6.07, 6.45) is 4.42. The fraction of sp³-hybridized carbons (Fsp3) is 0.400. The zero-order valence-electron chi connectivity index (χ0n) is 8.37. The largest absolute Gasteiger partial charge is 0.497 e. The monoisotopic (exact) mass is 196 g/mol. The number of ether oxygens (including phenoxy) is 2. The van der Waals surface area contributed by atoms with Crippen molar-refractivity contribution < 1.29 is 19.1 Å². The van der Waals surface area contributed by atoms with Crippen molar-refractivity contribution in [2.75, 3.05) is 7.11 Å². The van der Waals surface area contributed by atoms with Crippen LogP contribution in [0, 0.1) is 0 Å². The van der Waals surface area contributed by atoms with E-state index in [4.69, 9.17) is 9.47 Å². The van der Waals surface area contributed by atoms with E-state index in [2.05, 4.69) is 0 Å². The number of ketones is 1. The minimum atomic E-state index is -1.19. The summed E-state index contributed by atoms with van der Waals surface area (Å²) in [4.78, 5) is 22.3. The first-order valence-electron chi connectivity index (χ1n) is 4.17. The number of hydrogen-bond acceptors (Lipinski definition) is 4. The molecule has 0 bridgehead atoms. The summed E-state index contributed by atoms with van der Waals surface area (Å²) >= 11 is 0. The standard InChI is InChI=1S/C10H12O4/c1-7(11)14-10(2)5-4-8(13-3)6-9(10)12/h4-6H,1-3H3. The molecule has 76 valence electrons. The minimum Gasteiger partial charge on any atom is -0.497 e. The minimum absolute atomic E-state index is 0.299. The van der Waals surface area contributed by atoms with Crippen molar-refractivity contribution in [1.29, 1.82) is 0 Å². The Morgan fingerprint density at radius 1 is 1.50 bits per heavy atom. The first kappa shape index (κ1) is 10.5. The second-order valence-corrected chi connectivity index (χ2v) is 3.15. The maximum Gasteiger partial charge on any atom is 0.303 e. The molecule has 0 heterocycles. The zero-order chi connectivity index (χ0) is 10.8. The smallest absolute Gasteiger partial charge is 0.303 e. The van der Waals surface area contributed by atoms with Crippen molar-refractivity contribution in [2.45, 2.75) is 19.4 Å². The van der Waals surface area contributed by atoms with Gasteiger partial charge in [-0.05, 0) is 19.1 Å². The third-order valence-electron chi connectivity index (χ3n) is 1.92. The number of allylic oxidation sites excluding steroid dienone is 1. The summed E-state index contributed by atoms with van der Waals surface area (Å²) in [7, 11) is 1.47. The summed E-state index contributed by atoms with van der Waals surface area (Å²) in [5.41, 5.74) is -1.19.